The molecule has 0 radical (unpaired) electrons. The van der Waals surface area contributed by atoms with E-state index in [9.17, 15) is 10.1 Å². The lowest BCUT2D eigenvalue weighted by atomic mass is 10.0. The molecular formula is C17H14N2O2S. The summed E-state index contributed by atoms with van der Waals surface area (Å²) in [6.45, 7) is 0. The largest absolute Gasteiger partial charge is 0.452 e. The number of nitrogens with zero attached hydrogens (tertiary/aromatic N) is 2. The van der Waals surface area contributed by atoms with E-state index < -0.39 is 11.0 Å². The minimum atomic E-state index is -1.03. The molecule has 110 valence electrons. The molecule has 1 unspecified atom stereocenters. The van der Waals surface area contributed by atoms with Gasteiger partial charge in [-0.1, -0.05) is 54.2 Å². The fraction of sp³-hybridized carbons (Fsp3) is 0.176. The number of nitriles is 1. The fourth-order valence-electron chi connectivity index (χ4n) is 2.59. The van der Waals surface area contributed by atoms with Crippen molar-refractivity contribution < 1.29 is 9.53 Å². The Labute approximate surface area is 133 Å². The van der Waals surface area contributed by atoms with Crippen molar-refractivity contribution in [1.29, 1.82) is 5.26 Å². The molecule has 0 saturated carbocycles. The van der Waals surface area contributed by atoms with Gasteiger partial charge in [-0.3, -0.25) is 0 Å². The molecule has 0 aromatic heterocycles. The zero-order valence-corrected chi connectivity index (χ0v) is 12.8. The highest BCUT2D eigenvalue weighted by molar-refractivity contribution is 8.01. The van der Waals surface area contributed by atoms with E-state index in [0.717, 1.165) is 16.1 Å². The van der Waals surface area contributed by atoms with Crippen LogP contribution >= 0.6 is 11.8 Å². The van der Waals surface area contributed by atoms with Gasteiger partial charge in [0.15, 0.2) is 4.87 Å². The minimum Gasteiger partial charge on any atom is -0.452 e. The molecule has 1 aliphatic heterocycles. The lowest BCUT2D eigenvalue weighted by molar-refractivity contribution is 0.176. The quantitative estimate of drug-likeness (QED) is 0.846. The third-order valence-corrected chi connectivity index (χ3v) is 4.89. The van der Waals surface area contributed by atoms with Crippen LogP contribution in [0.15, 0.2) is 59.5 Å². The number of methoxy groups -OCH3 is 1. The average molecular weight is 310 g/mol. The maximum absolute atomic E-state index is 12.3. The second-order valence-electron chi connectivity index (χ2n) is 4.93. The first-order valence-corrected chi connectivity index (χ1v) is 7.63. The van der Waals surface area contributed by atoms with Crippen molar-refractivity contribution in [3.05, 3.63) is 60.2 Å². The summed E-state index contributed by atoms with van der Waals surface area (Å²) in [5.74, 6) is 0. The molecule has 2 aromatic rings. The molecule has 1 heterocycles. The van der Waals surface area contributed by atoms with Crippen LogP contribution in [0.4, 0.5) is 10.5 Å². The lowest BCUT2D eigenvalue weighted by Crippen LogP contribution is -2.47. The maximum Gasteiger partial charge on any atom is 0.416 e. The second kappa shape index (κ2) is 5.74. The number of carbonyl (C=O) groups excluding carboxylic acids is 1. The summed E-state index contributed by atoms with van der Waals surface area (Å²) in [5.41, 5.74) is 1.72. The summed E-state index contributed by atoms with van der Waals surface area (Å²) in [6.07, 6.45) is -0.0892. The van der Waals surface area contributed by atoms with E-state index in [2.05, 4.69) is 6.07 Å². The molecule has 1 amide bonds. The maximum atomic E-state index is 12.3. The van der Waals surface area contributed by atoms with Crippen molar-refractivity contribution in [2.24, 2.45) is 0 Å². The van der Waals surface area contributed by atoms with Gasteiger partial charge in [0, 0.05) is 11.3 Å². The van der Waals surface area contributed by atoms with E-state index in [-0.39, 0.29) is 0 Å². The second-order valence-corrected chi connectivity index (χ2v) is 6.25. The van der Waals surface area contributed by atoms with Gasteiger partial charge in [-0.25, -0.2) is 9.69 Å². The van der Waals surface area contributed by atoms with Gasteiger partial charge in [0.1, 0.15) is 6.07 Å². The molecule has 22 heavy (non-hydrogen) atoms. The molecule has 1 aliphatic rings. The van der Waals surface area contributed by atoms with E-state index in [1.54, 1.807) is 0 Å². The smallest absolute Gasteiger partial charge is 0.416 e. The van der Waals surface area contributed by atoms with Gasteiger partial charge in [-0.2, -0.15) is 5.26 Å². The standard InChI is InChI=1S/C17H14N2O2S/c1-21-16(20)19-14-9-5-6-10-15(14)22-17(19,12-18)11-13-7-3-2-4-8-13/h2-10H,11H2,1H3. The van der Waals surface area contributed by atoms with Crippen molar-refractivity contribution >= 4 is 23.5 Å². The Bertz CT molecular complexity index is 742. The van der Waals surface area contributed by atoms with Gasteiger partial charge >= 0.3 is 6.09 Å². The molecule has 0 bridgehead atoms. The fourth-order valence-corrected chi connectivity index (χ4v) is 3.91. The summed E-state index contributed by atoms with van der Waals surface area (Å²) in [7, 11) is 1.33. The van der Waals surface area contributed by atoms with Crippen molar-refractivity contribution in [2.45, 2.75) is 16.2 Å². The van der Waals surface area contributed by atoms with Gasteiger partial charge in [0.25, 0.3) is 0 Å². The summed E-state index contributed by atoms with van der Waals surface area (Å²) in [6, 6.07) is 19.5. The van der Waals surface area contributed by atoms with Crippen molar-refractivity contribution in [3.63, 3.8) is 0 Å². The van der Waals surface area contributed by atoms with Crippen LogP contribution in [0.5, 0.6) is 0 Å². The number of benzene rings is 2. The topological polar surface area (TPSA) is 53.3 Å². The first kappa shape index (κ1) is 14.5. The first-order chi connectivity index (χ1) is 10.7. The van der Waals surface area contributed by atoms with E-state index in [1.807, 2.05) is 54.6 Å². The molecular weight excluding hydrogens is 296 g/mol. The number of hydrogen-bond acceptors (Lipinski definition) is 4. The van der Waals surface area contributed by atoms with E-state index in [4.69, 9.17) is 4.74 Å². The highest BCUT2D eigenvalue weighted by Gasteiger charge is 2.49. The predicted octanol–water partition coefficient (Wildman–Crippen LogP) is 3.83. The zero-order chi connectivity index (χ0) is 15.6. The van der Waals surface area contributed by atoms with Crippen molar-refractivity contribution in [3.8, 4) is 6.07 Å². The number of rotatable bonds is 2. The number of amides is 1. The van der Waals surface area contributed by atoms with E-state index in [0.29, 0.717) is 6.42 Å². The van der Waals surface area contributed by atoms with Gasteiger partial charge in [-0.05, 0) is 17.7 Å². The Morgan fingerprint density at radius 1 is 1.23 bits per heavy atom. The lowest BCUT2D eigenvalue weighted by Gasteiger charge is -2.30. The molecule has 2 aromatic carbocycles. The molecule has 5 heteroatoms. The summed E-state index contributed by atoms with van der Waals surface area (Å²) in [5, 5.41) is 9.84. The van der Waals surface area contributed by atoms with Crippen LogP contribution in [-0.4, -0.2) is 18.1 Å². The summed E-state index contributed by atoms with van der Waals surface area (Å²) in [4.78, 5) is 13.6. The van der Waals surface area contributed by atoms with Crippen LogP contribution in [0.25, 0.3) is 0 Å². The SMILES string of the molecule is COC(=O)N1c2ccccc2SC1(C#N)Cc1ccccc1. The van der Waals surface area contributed by atoms with Gasteiger partial charge in [0.2, 0.25) is 0 Å². The monoisotopic (exact) mass is 310 g/mol. The van der Waals surface area contributed by atoms with Gasteiger partial charge in [-0.15, -0.1) is 0 Å². The van der Waals surface area contributed by atoms with Crippen molar-refractivity contribution in [1.82, 2.24) is 0 Å². The number of anilines is 1. The predicted molar refractivity (Wildman–Crippen MR) is 85.7 cm³/mol. The molecule has 1 atom stereocenters. The Hall–Kier alpha value is -2.45. The highest BCUT2D eigenvalue weighted by Crippen LogP contribution is 2.51. The van der Waals surface area contributed by atoms with Crippen LogP contribution in [0.2, 0.25) is 0 Å². The number of fused-ring (bicyclic) bond motifs is 1. The Balaban J connectivity index is 2.07. The van der Waals surface area contributed by atoms with Crippen LogP contribution in [0.3, 0.4) is 0 Å². The number of para-hydroxylation sites is 1. The molecule has 0 fully saturated rings. The number of hydrogen-bond donors (Lipinski definition) is 0. The van der Waals surface area contributed by atoms with Gasteiger partial charge in [0.05, 0.1) is 12.8 Å². The normalized spacial score (nSPS) is 19.4. The summed E-state index contributed by atoms with van der Waals surface area (Å²) >= 11 is 1.39. The molecule has 3 rings (SSSR count). The van der Waals surface area contributed by atoms with E-state index >= 15 is 0 Å². The van der Waals surface area contributed by atoms with Crippen LogP contribution in [0.1, 0.15) is 5.56 Å². The molecule has 0 spiro atoms. The third-order valence-electron chi connectivity index (χ3n) is 3.56. The first-order valence-electron chi connectivity index (χ1n) is 6.81. The van der Waals surface area contributed by atoms with Crippen molar-refractivity contribution in [2.75, 3.05) is 12.0 Å². The number of thioether (sulfide) groups is 1. The third kappa shape index (κ3) is 2.32. The van der Waals surface area contributed by atoms with Crippen LogP contribution in [0, 0.1) is 11.3 Å². The van der Waals surface area contributed by atoms with Gasteiger partial charge < -0.3 is 4.74 Å². The molecule has 0 saturated heterocycles. The minimum absolute atomic E-state index is 0.429. The van der Waals surface area contributed by atoms with Crippen LogP contribution in [-0.2, 0) is 11.2 Å². The average Bonchev–Trinajstić information content (AvgIpc) is 2.89. The Morgan fingerprint density at radius 3 is 2.59 bits per heavy atom. The zero-order valence-electron chi connectivity index (χ0n) is 12.0. The number of ether oxygens (including phenoxy) is 1. The number of carbonyl (C=O) groups is 1. The van der Waals surface area contributed by atoms with Crippen LogP contribution < -0.4 is 4.90 Å². The summed E-state index contributed by atoms with van der Waals surface area (Å²) < 4.78 is 4.91. The highest BCUT2D eigenvalue weighted by atomic mass is 32.2. The molecule has 4 nitrogen and oxygen atoms in total. The Kier molecular flexibility index (Phi) is 3.78. The van der Waals surface area contributed by atoms with E-state index in [1.165, 1.54) is 23.8 Å². The molecule has 0 aliphatic carbocycles. The Morgan fingerprint density at radius 2 is 1.91 bits per heavy atom. The molecule has 0 N–H and O–H groups in total.